The summed E-state index contributed by atoms with van der Waals surface area (Å²) in [5.41, 5.74) is 6.43. The maximum absolute atomic E-state index is 13.1. The molecule has 1 fully saturated rings. The second kappa shape index (κ2) is 13.8. The molecule has 1 saturated heterocycles. The largest absolute Gasteiger partial charge is 0.343 e. The van der Waals surface area contributed by atoms with Crippen LogP contribution in [0.4, 0.5) is 5.69 Å². The summed E-state index contributed by atoms with van der Waals surface area (Å²) in [7, 11) is 1.64. The number of hydrogen-bond donors (Lipinski definition) is 2. The zero-order chi connectivity index (χ0) is 26.7. The van der Waals surface area contributed by atoms with Gasteiger partial charge in [-0.1, -0.05) is 26.0 Å². The lowest BCUT2D eigenvalue weighted by atomic mass is 10.0. The van der Waals surface area contributed by atoms with E-state index in [-0.39, 0.29) is 42.8 Å². The minimum absolute atomic E-state index is 0.0252. The summed E-state index contributed by atoms with van der Waals surface area (Å²) in [4.78, 5) is 40.2. The van der Waals surface area contributed by atoms with Crippen molar-refractivity contribution in [3.63, 3.8) is 0 Å². The van der Waals surface area contributed by atoms with E-state index in [0.717, 1.165) is 11.1 Å². The molecule has 9 heteroatoms. The summed E-state index contributed by atoms with van der Waals surface area (Å²) < 4.78 is 0. The molecule has 2 aliphatic heterocycles. The lowest BCUT2D eigenvalue weighted by Gasteiger charge is -2.40. The maximum atomic E-state index is 13.1. The van der Waals surface area contributed by atoms with Crippen LogP contribution in [0.25, 0.3) is 0 Å². The smallest absolute Gasteiger partial charge is 0.271 e. The van der Waals surface area contributed by atoms with Crippen LogP contribution >= 0.6 is 0 Å². The number of anilines is 1. The van der Waals surface area contributed by atoms with Crippen molar-refractivity contribution in [2.24, 2.45) is 0 Å². The Bertz CT molecular complexity index is 1010. The van der Waals surface area contributed by atoms with Crippen molar-refractivity contribution in [1.82, 2.24) is 20.2 Å². The van der Waals surface area contributed by atoms with E-state index in [1.54, 1.807) is 11.9 Å². The van der Waals surface area contributed by atoms with Gasteiger partial charge in [0.15, 0.2) is 0 Å². The molecule has 0 bridgehead atoms. The highest BCUT2D eigenvalue weighted by Crippen LogP contribution is 2.34. The van der Waals surface area contributed by atoms with Crippen LogP contribution in [0.1, 0.15) is 51.3 Å². The summed E-state index contributed by atoms with van der Waals surface area (Å²) in [6.45, 7) is 10.1. The number of aryl methyl sites for hydroxylation is 1. The molecule has 0 aromatic heterocycles. The summed E-state index contributed by atoms with van der Waals surface area (Å²) >= 11 is 0. The number of hydrogen-bond acceptors (Lipinski definition) is 6. The van der Waals surface area contributed by atoms with E-state index < -0.39 is 0 Å². The van der Waals surface area contributed by atoms with E-state index in [4.69, 9.17) is 5.26 Å². The van der Waals surface area contributed by atoms with Crippen LogP contribution < -0.4 is 10.7 Å². The zero-order valence-electron chi connectivity index (χ0n) is 21.5. The van der Waals surface area contributed by atoms with E-state index in [2.05, 4.69) is 23.6 Å². The van der Waals surface area contributed by atoms with Crippen molar-refractivity contribution in [3.05, 3.63) is 41.1 Å². The summed E-state index contributed by atoms with van der Waals surface area (Å²) in [6, 6.07) is 7.50. The maximum Gasteiger partial charge on any atom is 0.271 e. The monoisotopic (exact) mass is 480 g/mol. The molecule has 2 N–H and O–H groups in total. The standard InChI is InChI=1S/C22H28N6O3.C2H6.C2H2/c1-14-6-7-17(18(10-14)24-16(3)29)19-11-20-22(31)27(12-15(2)28(20)25-19)13-21(30)26(4)9-5-8-23;2*1-2/h6-7,10-11,15,19,25H,5,9,12-13H2,1-4H3,(H,24,29);1-2H3;1-2H. The predicted octanol–water partition coefficient (Wildman–Crippen LogP) is 2.58. The van der Waals surface area contributed by atoms with Crippen molar-refractivity contribution in [3.8, 4) is 18.9 Å². The molecule has 35 heavy (non-hydrogen) atoms. The fourth-order valence-electron chi connectivity index (χ4n) is 3.84. The van der Waals surface area contributed by atoms with Crippen molar-refractivity contribution in [2.45, 2.75) is 53.1 Å². The normalized spacial score (nSPS) is 18.0. The van der Waals surface area contributed by atoms with Crippen molar-refractivity contribution in [1.29, 1.82) is 5.26 Å². The third-order valence-corrected chi connectivity index (χ3v) is 5.46. The van der Waals surface area contributed by atoms with Crippen molar-refractivity contribution < 1.29 is 14.4 Å². The number of piperazine rings is 1. The van der Waals surface area contributed by atoms with Gasteiger partial charge in [-0.25, -0.2) is 5.43 Å². The number of amides is 3. The molecule has 9 nitrogen and oxygen atoms in total. The van der Waals surface area contributed by atoms with E-state index >= 15 is 0 Å². The van der Waals surface area contributed by atoms with Gasteiger partial charge in [0.2, 0.25) is 11.8 Å². The van der Waals surface area contributed by atoms with Gasteiger partial charge in [0, 0.05) is 32.7 Å². The van der Waals surface area contributed by atoms with E-state index in [1.165, 1.54) is 11.8 Å². The van der Waals surface area contributed by atoms with Gasteiger partial charge in [0.05, 0.1) is 24.6 Å². The Hall–Kier alpha value is -3.82. The second-order valence-electron chi connectivity index (χ2n) is 8.06. The molecule has 2 aliphatic rings. The quantitative estimate of drug-likeness (QED) is 0.606. The number of carbonyl (C=O) groups is 3. The molecule has 0 radical (unpaired) electrons. The Morgan fingerprint density at radius 1 is 1.31 bits per heavy atom. The summed E-state index contributed by atoms with van der Waals surface area (Å²) in [5.74, 6) is -0.577. The average molecular weight is 481 g/mol. The highest BCUT2D eigenvalue weighted by Gasteiger charge is 2.40. The number of benzene rings is 1. The van der Waals surface area contributed by atoms with Crippen LogP contribution in [-0.2, 0) is 14.4 Å². The van der Waals surface area contributed by atoms with Crippen molar-refractivity contribution in [2.75, 3.05) is 32.0 Å². The van der Waals surface area contributed by atoms with Crippen LogP contribution in [0.3, 0.4) is 0 Å². The SMILES string of the molecule is C#C.CC.CC(=O)Nc1cc(C)ccc1C1C=C2C(=O)N(CC(=O)N(C)CCC#N)CC(C)N2N1. The van der Waals surface area contributed by atoms with Gasteiger partial charge in [-0.15, -0.1) is 12.8 Å². The first-order valence-corrected chi connectivity index (χ1v) is 11.6. The molecule has 3 amide bonds. The fourth-order valence-corrected chi connectivity index (χ4v) is 3.84. The average Bonchev–Trinajstić information content (AvgIpc) is 3.29. The Labute approximate surface area is 208 Å². The summed E-state index contributed by atoms with van der Waals surface area (Å²) in [6.07, 6.45) is 10.1. The molecule has 0 saturated carbocycles. The second-order valence-corrected chi connectivity index (χ2v) is 8.06. The molecule has 3 rings (SSSR count). The van der Waals surface area contributed by atoms with E-state index in [9.17, 15) is 14.4 Å². The third kappa shape index (κ3) is 7.33. The highest BCUT2D eigenvalue weighted by atomic mass is 16.2. The molecule has 1 aromatic rings. The number of fused-ring (bicyclic) bond motifs is 1. The van der Waals surface area contributed by atoms with E-state index in [1.807, 2.05) is 63.0 Å². The minimum Gasteiger partial charge on any atom is -0.343 e. The Balaban J connectivity index is 0.00000145. The van der Waals surface area contributed by atoms with Crippen LogP contribution in [0, 0.1) is 31.1 Å². The van der Waals surface area contributed by atoms with Crippen molar-refractivity contribution >= 4 is 23.4 Å². The molecule has 2 unspecified atom stereocenters. The molecule has 188 valence electrons. The molecular weight excluding hydrogens is 444 g/mol. The van der Waals surface area contributed by atoms with Crippen LogP contribution in [0.5, 0.6) is 0 Å². The van der Waals surface area contributed by atoms with Gasteiger partial charge in [0.1, 0.15) is 12.2 Å². The number of nitriles is 1. The number of carbonyl (C=O) groups excluding carboxylic acids is 3. The van der Waals surface area contributed by atoms with Crippen LogP contribution in [0.15, 0.2) is 30.0 Å². The number of nitrogens with one attached hydrogen (secondary N) is 2. The third-order valence-electron chi connectivity index (χ3n) is 5.46. The molecule has 1 aromatic carbocycles. The number of rotatable bonds is 6. The first kappa shape index (κ1) is 29.2. The minimum atomic E-state index is -0.280. The molecule has 0 spiro atoms. The van der Waals surface area contributed by atoms with Gasteiger partial charge in [-0.2, -0.15) is 5.26 Å². The molecule has 2 atom stereocenters. The molecule has 2 heterocycles. The van der Waals surface area contributed by atoms with E-state index in [0.29, 0.717) is 24.5 Å². The number of nitrogens with zero attached hydrogens (tertiary/aromatic N) is 4. The fraction of sp³-hybridized carbons (Fsp3) is 0.462. The van der Waals surface area contributed by atoms with Gasteiger partial charge < -0.3 is 15.1 Å². The Morgan fingerprint density at radius 2 is 1.97 bits per heavy atom. The van der Waals surface area contributed by atoms with Gasteiger partial charge in [-0.3, -0.25) is 19.4 Å². The Morgan fingerprint density at radius 3 is 2.57 bits per heavy atom. The van der Waals surface area contributed by atoms with Crippen LogP contribution in [0.2, 0.25) is 0 Å². The number of hydrazine groups is 1. The first-order chi connectivity index (χ1) is 16.7. The lowest BCUT2D eigenvalue weighted by Crippen LogP contribution is -2.57. The first-order valence-electron chi connectivity index (χ1n) is 11.6. The summed E-state index contributed by atoms with van der Waals surface area (Å²) in [5, 5.41) is 13.4. The predicted molar refractivity (Wildman–Crippen MR) is 136 cm³/mol. The van der Waals surface area contributed by atoms with Gasteiger partial charge in [0.25, 0.3) is 5.91 Å². The van der Waals surface area contributed by atoms with Gasteiger partial charge >= 0.3 is 0 Å². The Kier molecular flexibility index (Phi) is 11.5. The van der Waals surface area contributed by atoms with Crippen LogP contribution in [-0.4, -0.2) is 65.3 Å². The molecule has 0 aliphatic carbocycles. The lowest BCUT2D eigenvalue weighted by molar-refractivity contribution is -0.141. The topological polar surface area (TPSA) is 109 Å². The highest BCUT2D eigenvalue weighted by molar-refractivity contribution is 5.97. The zero-order valence-corrected chi connectivity index (χ0v) is 21.5. The number of terminal acetylenes is 1. The molecular formula is C26H36N6O3. The van der Waals surface area contributed by atoms with Gasteiger partial charge in [-0.05, 0) is 37.1 Å². The number of likely N-dealkylation sites (N-methyl/N-ethyl adjacent to an activating group) is 1.